The highest BCUT2D eigenvalue weighted by molar-refractivity contribution is 5.98. The number of ether oxygens (including phenoxy) is 2. The summed E-state index contributed by atoms with van der Waals surface area (Å²) in [5.74, 6) is -3.57. The van der Waals surface area contributed by atoms with Crippen LogP contribution in [0, 0.1) is 17.8 Å². The number of allylic oxidation sites excluding steroid dienone is 1. The molecule has 1 spiro atoms. The number of carbonyl (C=O) groups is 4. The number of hydrogen-bond donors (Lipinski definition) is 2. The van der Waals surface area contributed by atoms with Gasteiger partial charge in [-0.3, -0.25) is 19.2 Å². The first-order valence-electron chi connectivity index (χ1n) is 17.8. The lowest BCUT2D eigenvalue weighted by molar-refractivity contribution is -0.163. The van der Waals surface area contributed by atoms with Crippen molar-refractivity contribution in [2.45, 2.75) is 95.4 Å². The first-order valence-corrected chi connectivity index (χ1v) is 17.8. The van der Waals surface area contributed by atoms with Gasteiger partial charge in [0.05, 0.1) is 36.6 Å². The number of aliphatic hydroxyl groups excluding tert-OH is 1. The van der Waals surface area contributed by atoms with E-state index in [-0.39, 0.29) is 43.2 Å². The van der Waals surface area contributed by atoms with Crippen molar-refractivity contribution in [1.82, 2.24) is 15.1 Å². The largest absolute Gasteiger partial charge is 0.455 e. The molecule has 9 atom stereocenters. The van der Waals surface area contributed by atoms with Crippen LogP contribution in [0.5, 0.6) is 0 Å². The fraction of sp³-hybridized carbons (Fsp3) is 0.500. The Labute approximate surface area is 295 Å². The zero-order chi connectivity index (χ0) is 36.0. The van der Waals surface area contributed by atoms with Gasteiger partial charge in [0.2, 0.25) is 17.7 Å². The van der Waals surface area contributed by atoms with Crippen molar-refractivity contribution < 1.29 is 33.8 Å². The van der Waals surface area contributed by atoms with E-state index < -0.39 is 53.7 Å². The molecule has 50 heavy (non-hydrogen) atoms. The number of carbonyl (C=O) groups excluding carboxylic acids is 4. The number of esters is 1. The van der Waals surface area contributed by atoms with Crippen molar-refractivity contribution in [3.8, 4) is 0 Å². The maximum absolute atomic E-state index is 14.8. The standard InChI is InChI=1S/C40H51N3O7/c1-6-9-20-32(45)41-27(5)35(29-18-14-11-15-19-29)49-39(48)33-31-21-22-40(50-31)34(33)37(46)43(30(25-44)26(4)8-3)36(40)38(47)42(23-7-2)24-28-16-12-10-13-17-28/h6-7,10-19,26-27,30-31,33-36,44H,1-2,8-9,20-25H2,3-5H3,(H,41,45)/t26-,27-,30-,31+,33-,34-,35-,36+,40-/m0/s1. The highest BCUT2D eigenvalue weighted by Gasteiger charge is 2.76. The van der Waals surface area contributed by atoms with Crippen LogP contribution >= 0.6 is 0 Å². The quantitative estimate of drug-likeness (QED) is 0.182. The number of benzene rings is 2. The van der Waals surface area contributed by atoms with Crippen molar-refractivity contribution in [3.63, 3.8) is 0 Å². The van der Waals surface area contributed by atoms with E-state index in [9.17, 15) is 24.3 Å². The van der Waals surface area contributed by atoms with Gasteiger partial charge in [-0.2, -0.15) is 0 Å². The Kier molecular flexibility index (Phi) is 12.0. The van der Waals surface area contributed by atoms with Crippen LogP contribution in [-0.2, 0) is 35.2 Å². The lowest BCUT2D eigenvalue weighted by atomic mass is 9.70. The number of aliphatic hydroxyl groups is 1. The molecular formula is C40H51N3O7. The predicted molar refractivity (Wildman–Crippen MR) is 189 cm³/mol. The summed E-state index contributed by atoms with van der Waals surface area (Å²) in [5, 5.41) is 13.7. The summed E-state index contributed by atoms with van der Waals surface area (Å²) in [6, 6.07) is 16.5. The summed E-state index contributed by atoms with van der Waals surface area (Å²) >= 11 is 0. The van der Waals surface area contributed by atoms with Crippen LogP contribution < -0.4 is 5.32 Å². The molecule has 3 heterocycles. The molecular weight excluding hydrogens is 634 g/mol. The Bertz CT molecular complexity index is 1530. The molecule has 3 fully saturated rings. The molecule has 10 nitrogen and oxygen atoms in total. The number of rotatable bonds is 17. The predicted octanol–water partition coefficient (Wildman–Crippen LogP) is 4.74. The van der Waals surface area contributed by atoms with Gasteiger partial charge in [-0.05, 0) is 43.2 Å². The summed E-state index contributed by atoms with van der Waals surface area (Å²) in [4.78, 5) is 59.9. The normalized spacial score (nSPS) is 26.0. The first kappa shape index (κ1) is 37.0. The van der Waals surface area contributed by atoms with Crippen LogP contribution in [0.3, 0.4) is 0 Å². The average Bonchev–Trinajstić information content (AvgIpc) is 3.77. The van der Waals surface area contributed by atoms with Crippen molar-refractivity contribution in [2.24, 2.45) is 17.8 Å². The van der Waals surface area contributed by atoms with Crippen molar-refractivity contribution in [3.05, 3.63) is 97.1 Å². The summed E-state index contributed by atoms with van der Waals surface area (Å²) in [6.07, 6.45) is 4.18. The molecule has 2 aromatic carbocycles. The maximum Gasteiger partial charge on any atom is 0.313 e. The van der Waals surface area contributed by atoms with E-state index in [0.717, 1.165) is 5.56 Å². The minimum Gasteiger partial charge on any atom is -0.455 e. The molecule has 3 aliphatic rings. The highest BCUT2D eigenvalue weighted by atomic mass is 16.6. The molecule has 0 aromatic heterocycles. The molecule has 268 valence electrons. The molecule has 2 N–H and O–H groups in total. The Morgan fingerprint density at radius 3 is 2.40 bits per heavy atom. The molecule has 3 amide bonds. The van der Waals surface area contributed by atoms with Crippen LogP contribution in [0.25, 0.3) is 0 Å². The Balaban J connectivity index is 1.50. The second kappa shape index (κ2) is 16.2. The number of nitrogens with one attached hydrogen (secondary N) is 1. The third-order valence-corrected chi connectivity index (χ3v) is 10.8. The molecule has 3 saturated heterocycles. The second-order valence-corrected chi connectivity index (χ2v) is 13.9. The highest BCUT2D eigenvalue weighted by Crippen LogP contribution is 2.59. The van der Waals surface area contributed by atoms with Gasteiger partial charge in [0.15, 0.2) is 0 Å². The zero-order valence-electron chi connectivity index (χ0n) is 29.4. The van der Waals surface area contributed by atoms with Gasteiger partial charge in [0.25, 0.3) is 0 Å². The fourth-order valence-corrected chi connectivity index (χ4v) is 8.12. The van der Waals surface area contributed by atoms with E-state index in [1.165, 1.54) is 4.90 Å². The van der Waals surface area contributed by atoms with Gasteiger partial charge in [0, 0.05) is 19.5 Å². The maximum atomic E-state index is 14.8. The van der Waals surface area contributed by atoms with Crippen molar-refractivity contribution in [1.29, 1.82) is 0 Å². The minimum atomic E-state index is -1.27. The Morgan fingerprint density at radius 2 is 1.78 bits per heavy atom. The van der Waals surface area contributed by atoms with Gasteiger partial charge in [0.1, 0.15) is 17.7 Å². The van der Waals surface area contributed by atoms with Crippen LogP contribution in [0.2, 0.25) is 0 Å². The van der Waals surface area contributed by atoms with Crippen molar-refractivity contribution >= 4 is 23.7 Å². The third kappa shape index (κ3) is 7.14. The summed E-state index contributed by atoms with van der Waals surface area (Å²) in [6.45, 7) is 13.5. The van der Waals surface area contributed by atoms with E-state index in [1.54, 1.807) is 24.0 Å². The van der Waals surface area contributed by atoms with E-state index >= 15 is 0 Å². The minimum absolute atomic E-state index is 0.132. The molecule has 0 saturated carbocycles. The molecule has 2 aromatic rings. The van der Waals surface area contributed by atoms with E-state index in [4.69, 9.17) is 9.47 Å². The lowest BCUT2D eigenvalue weighted by Gasteiger charge is -2.41. The average molecular weight is 686 g/mol. The van der Waals surface area contributed by atoms with Crippen LogP contribution in [0.1, 0.15) is 70.1 Å². The Hall–Kier alpha value is -4.28. The number of amides is 3. The Morgan fingerprint density at radius 1 is 1.10 bits per heavy atom. The second-order valence-electron chi connectivity index (χ2n) is 13.9. The number of nitrogens with zero attached hydrogens (tertiary/aromatic N) is 2. The third-order valence-electron chi connectivity index (χ3n) is 10.8. The summed E-state index contributed by atoms with van der Waals surface area (Å²) < 4.78 is 13.0. The molecule has 0 aliphatic carbocycles. The number of fused-ring (bicyclic) bond motifs is 1. The molecule has 3 aliphatic heterocycles. The topological polar surface area (TPSA) is 125 Å². The summed E-state index contributed by atoms with van der Waals surface area (Å²) in [5.41, 5.74) is 0.345. The molecule has 0 unspecified atom stereocenters. The number of likely N-dealkylation sites (tertiary alicyclic amines) is 1. The van der Waals surface area contributed by atoms with Crippen LogP contribution in [0.4, 0.5) is 0 Å². The first-order chi connectivity index (χ1) is 24.1. The molecule has 0 radical (unpaired) electrons. The fourth-order valence-electron chi connectivity index (χ4n) is 8.12. The van der Waals surface area contributed by atoms with E-state index in [1.807, 2.05) is 74.5 Å². The van der Waals surface area contributed by atoms with Crippen LogP contribution in [0.15, 0.2) is 86.0 Å². The van der Waals surface area contributed by atoms with Gasteiger partial charge < -0.3 is 29.7 Å². The number of hydrogen-bond acceptors (Lipinski definition) is 7. The van der Waals surface area contributed by atoms with Gasteiger partial charge in [-0.25, -0.2) is 0 Å². The van der Waals surface area contributed by atoms with Gasteiger partial charge in [-0.1, -0.05) is 93.1 Å². The SMILES string of the molecule is C=CCCC(=O)N[C@@H](C)[C@H](OC(=O)[C@@H]1[C@H]2C(=O)N([C@@H](CO)[C@@H](C)CC)[C@H](C(=O)N(CC=C)Cc3ccccc3)[C@]23CC[C@H]1O3)c1ccccc1. The van der Waals surface area contributed by atoms with Crippen LogP contribution in [-0.4, -0.2) is 81.6 Å². The molecule has 2 bridgehead atoms. The van der Waals surface area contributed by atoms with Gasteiger partial charge in [-0.15, -0.1) is 13.2 Å². The molecule has 5 rings (SSSR count). The smallest absolute Gasteiger partial charge is 0.313 e. The van der Waals surface area contributed by atoms with E-state index in [0.29, 0.717) is 37.8 Å². The lowest BCUT2D eigenvalue weighted by Crippen LogP contribution is -2.59. The zero-order valence-corrected chi connectivity index (χ0v) is 29.4. The monoisotopic (exact) mass is 685 g/mol. The molecule has 10 heteroatoms. The van der Waals surface area contributed by atoms with Gasteiger partial charge >= 0.3 is 5.97 Å². The van der Waals surface area contributed by atoms with Crippen molar-refractivity contribution in [2.75, 3.05) is 13.2 Å². The van der Waals surface area contributed by atoms with E-state index in [2.05, 4.69) is 18.5 Å². The summed E-state index contributed by atoms with van der Waals surface area (Å²) in [7, 11) is 0.